The average Bonchev–Trinajstić information content (AvgIpc) is 2.82. The number of nitrogens with two attached hydrogens (primary N) is 1. The van der Waals surface area contributed by atoms with Crippen LogP contribution in [0, 0.1) is 12.7 Å². The van der Waals surface area contributed by atoms with Gasteiger partial charge >= 0.3 is 0 Å². The van der Waals surface area contributed by atoms with Crippen molar-refractivity contribution in [2.24, 2.45) is 0 Å². The summed E-state index contributed by atoms with van der Waals surface area (Å²) in [5.41, 5.74) is 9.36. The van der Waals surface area contributed by atoms with Gasteiger partial charge in [0, 0.05) is 28.7 Å². The maximum atomic E-state index is 13.0. The molecule has 0 fully saturated rings. The normalized spacial score (nSPS) is 11.1. The lowest BCUT2D eigenvalue weighted by molar-refractivity contribution is 0.627. The van der Waals surface area contributed by atoms with Crippen LogP contribution in [0.3, 0.4) is 0 Å². The quantitative estimate of drug-likeness (QED) is 0.590. The number of thioether (sulfide) groups is 1. The smallest absolute Gasteiger partial charge is 0.139 e. The number of nitrogen functional groups attached to an aromatic ring is 1. The second-order valence-corrected chi connectivity index (χ2v) is 5.64. The first kappa shape index (κ1) is 13.0. The molecule has 1 aromatic carbocycles. The largest absolute Gasteiger partial charge is 0.398 e. The summed E-state index contributed by atoms with van der Waals surface area (Å²) in [6.07, 6.45) is 3.99. The van der Waals surface area contributed by atoms with Crippen molar-refractivity contribution in [1.29, 1.82) is 0 Å². The van der Waals surface area contributed by atoms with Crippen molar-refractivity contribution in [3.8, 4) is 0 Å². The fourth-order valence-electron chi connectivity index (χ4n) is 2.08. The van der Waals surface area contributed by atoms with Crippen molar-refractivity contribution in [2.45, 2.75) is 17.6 Å². The van der Waals surface area contributed by atoms with Gasteiger partial charge in [0.15, 0.2) is 0 Å². The highest BCUT2D eigenvalue weighted by molar-refractivity contribution is 7.98. The van der Waals surface area contributed by atoms with Crippen LogP contribution >= 0.6 is 11.8 Å². The van der Waals surface area contributed by atoms with Crippen LogP contribution in [-0.2, 0) is 5.75 Å². The van der Waals surface area contributed by atoms with Gasteiger partial charge in [-0.15, -0.1) is 11.8 Å². The van der Waals surface area contributed by atoms with Crippen molar-refractivity contribution in [3.05, 3.63) is 59.8 Å². The summed E-state index contributed by atoms with van der Waals surface area (Å²) >= 11 is 1.56. The van der Waals surface area contributed by atoms with Crippen LogP contribution in [0.1, 0.15) is 11.3 Å². The zero-order valence-corrected chi connectivity index (χ0v) is 11.8. The lowest BCUT2D eigenvalue weighted by Gasteiger charge is -2.03. The Balaban J connectivity index is 1.81. The number of pyridine rings is 1. The standard InChI is InChI=1S/C15H14FN3S/c1-10-3-2-6-19-8-12(18-15(10)19)9-20-14-5-4-11(16)7-13(14)17/h2-8H,9,17H2,1H3. The van der Waals surface area contributed by atoms with Crippen molar-refractivity contribution in [3.63, 3.8) is 0 Å². The summed E-state index contributed by atoms with van der Waals surface area (Å²) < 4.78 is 15.0. The van der Waals surface area contributed by atoms with E-state index in [9.17, 15) is 4.39 Å². The molecular weight excluding hydrogens is 273 g/mol. The summed E-state index contributed by atoms with van der Waals surface area (Å²) in [6.45, 7) is 2.04. The molecule has 5 heteroatoms. The molecular formula is C15H14FN3S. The number of hydrogen-bond acceptors (Lipinski definition) is 3. The monoisotopic (exact) mass is 287 g/mol. The third-order valence-corrected chi connectivity index (χ3v) is 4.20. The molecule has 2 heterocycles. The summed E-state index contributed by atoms with van der Waals surface area (Å²) in [5.74, 6) is 0.395. The Morgan fingerprint density at radius 1 is 1.35 bits per heavy atom. The Labute approximate surface area is 120 Å². The number of hydrogen-bond donors (Lipinski definition) is 1. The van der Waals surface area contributed by atoms with Gasteiger partial charge in [-0.25, -0.2) is 9.37 Å². The number of halogens is 1. The van der Waals surface area contributed by atoms with Crippen LogP contribution in [0.25, 0.3) is 5.65 Å². The van der Waals surface area contributed by atoms with Gasteiger partial charge in [0.1, 0.15) is 11.5 Å². The first-order valence-electron chi connectivity index (χ1n) is 6.24. The van der Waals surface area contributed by atoms with Gasteiger partial charge in [-0.05, 0) is 36.8 Å². The Morgan fingerprint density at radius 2 is 2.20 bits per heavy atom. The fraction of sp³-hybridized carbons (Fsp3) is 0.133. The van der Waals surface area contributed by atoms with E-state index in [0.29, 0.717) is 11.4 Å². The molecule has 0 atom stereocenters. The number of rotatable bonds is 3. The fourth-order valence-corrected chi connectivity index (χ4v) is 2.91. The zero-order valence-electron chi connectivity index (χ0n) is 11.0. The van der Waals surface area contributed by atoms with E-state index in [4.69, 9.17) is 5.73 Å². The van der Waals surface area contributed by atoms with E-state index in [2.05, 4.69) is 4.98 Å². The number of benzene rings is 1. The van der Waals surface area contributed by atoms with Crippen LogP contribution < -0.4 is 5.73 Å². The SMILES string of the molecule is Cc1cccn2cc(CSc3ccc(F)cc3N)nc12. The Morgan fingerprint density at radius 3 is 2.95 bits per heavy atom. The first-order chi connectivity index (χ1) is 9.63. The summed E-state index contributed by atoms with van der Waals surface area (Å²) in [6, 6.07) is 8.51. The van der Waals surface area contributed by atoms with Gasteiger partial charge in [0.25, 0.3) is 0 Å². The van der Waals surface area contributed by atoms with Crippen molar-refractivity contribution in [2.75, 3.05) is 5.73 Å². The highest BCUT2D eigenvalue weighted by Crippen LogP contribution is 2.28. The van der Waals surface area contributed by atoms with Crippen LogP contribution in [0.5, 0.6) is 0 Å². The first-order valence-corrected chi connectivity index (χ1v) is 7.23. The predicted molar refractivity (Wildman–Crippen MR) is 80.3 cm³/mol. The molecule has 0 aliphatic heterocycles. The molecule has 0 spiro atoms. The van der Waals surface area contributed by atoms with E-state index in [-0.39, 0.29) is 5.82 Å². The van der Waals surface area contributed by atoms with E-state index in [1.54, 1.807) is 17.8 Å². The zero-order chi connectivity index (χ0) is 14.1. The average molecular weight is 287 g/mol. The molecule has 0 radical (unpaired) electrons. The van der Waals surface area contributed by atoms with Crippen LogP contribution in [0.2, 0.25) is 0 Å². The third-order valence-electron chi connectivity index (χ3n) is 3.08. The molecule has 0 amide bonds. The summed E-state index contributed by atoms with van der Waals surface area (Å²) in [7, 11) is 0. The minimum atomic E-state index is -0.310. The second-order valence-electron chi connectivity index (χ2n) is 4.63. The van der Waals surface area contributed by atoms with Gasteiger partial charge in [0.05, 0.1) is 5.69 Å². The van der Waals surface area contributed by atoms with Gasteiger partial charge in [-0.3, -0.25) is 0 Å². The maximum absolute atomic E-state index is 13.0. The molecule has 3 aromatic rings. The molecule has 0 unspecified atom stereocenters. The van der Waals surface area contributed by atoms with Gasteiger partial charge < -0.3 is 10.1 Å². The summed E-state index contributed by atoms with van der Waals surface area (Å²) in [4.78, 5) is 5.48. The minimum Gasteiger partial charge on any atom is -0.398 e. The number of fused-ring (bicyclic) bond motifs is 1. The van der Waals surface area contributed by atoms with Crippen molar-refractivity contribution < 1.29 is 4.39 Å². The summed E-state index contributed by atoms with van der Waals surface area (Å²) in [5, 5.41) is 0. The number of anilines is 1. The van der Waals surface area contributed by atoms with Crippen LogP contribution in [0.15, 0.2) is 47.6 Å². The Bertz CT molecular complexity index is 767. The molecule has 3 nitrogen and oxygen atoms in total. The topological polar surface area (TPSA) is 43.3 Å². The predicted octanol–water partition coefficient (Wildman–Crippen LogP) is 3.66. The molecule has 2 N–H and O–H groups in total. The van der Waals surface area contributed by atoms with E-state index in [1.807, 2.05) is 35.9 Å². The highest BCUT2D eigenvalue weighted by atomic mass is 32.2. The van der Waals surface area contributed by atoms with E-state index >= 15 is 0 Å². The molecule has 0 aliphatic rings. The molecule has 3 rings (SSSR count). The molecule has 0 aliphatic carbocycles. The molecule has 102 valence electrons. The highest BCUT2D eigenvalue weighted by Gasteiger charge is 2.06. The van der Waals surface area contributed by atoms with E-state index < -0.39 is 0 Å². The Kier molecular flexibility index (Phi) is 3.36. The van der Waals surface area contributed by atoms with Gasteiger partial charge in [0.2, 0.25) is 0 Å². The molecule has 20 heavy (non-hydrogen) atoms. The van der Waals surface area contributed by atoms with Crippen LogP contribution in [-0.4, -0.2) is 9.38 Å². The number of aryl methyl sites for hydroxylation is 1. The maximum Gasteiger partial charge on any atom is 0.139 e. The van der Waals surface area contributed by atoms with E-state index in [0.717, 1.165) is 21.8 Å². The molecule has 2 aromatic heterocycles. The lowest BCUT2D eigenvalue weighted by Crippen LogP contribution is -1.90. The van der Waals surface area contributed by atoms with Crippen molar-refractivity contribution in [1.82, 2.24) is 9.38 Å². The second kappa shape index (κ2) is 5.17. The number of nitrogens with zero attached hydrogens (tertiary/aromatic N) is 2. The molecule has 0 saturated carbocycles. The van der Waals surface area contributed by atoms with Crippen LogP contribution in [0.4, 0.5) is 10.1 Å². The number of aromatic nitrogens is 2. The third kappa shape index (κ3) is 2.49. The van der Waals surface area contributed by atoms with E-state index in [1.165, 1.54) is 12.1 Å². The lowest BCUT2D eigenvalue weighted by atomic mass is 10.3. The van der Waals surface area contributed by atoms with Crippen molar-refractivity contribution >= 4 is 23.1 Å². The van der Waals surface area contributed by atoms with Gasteiger partial charge in [-0.1, -0.05) is 6.07 Å². The Hall–Kier alpha value is -2.01. The number of imidazole rings is 1. The molecule has 0 bridgehead atoms. The molecule has 0 saturated heterocycles. The minimum absolute atomic E-state index is 0.310. The van der Waals surface area contributed by atoms with Gasteiger partial charge in [-0.2, -0.15) is 0 Å².